The molecular formula is C44H29N6P. The van der Waals surface area contributed by atoms with E-state index in [9.17, 15) is 0 Å². The minimum Gasteiger partial charge on any atom is -0.294 e. The fraction of sp³-hybridized carbons (Fsp3) is 0. The van der Waals surface area contributed by atoms with Crippen molar-refractivity contribution < 1.29 is 0 Å². The average molecular weight is 673 g/mol. The van der Waals surface area contributed by atoms with Crippen molar-refractivity contribution in [1.29, 1.82) is 0 Å². The summed E-state index contributed by atoms with van der Waals surface area (Å²) in [6.45, 7) is 0. The Kier molecular flexibility index (Phi) is 7.00. The van der Waals surface area contributed by atoms with Crippen LogP contribution in [0.2, 0.25) is 0 Å². The number of benzene rings is 4. The Hall–Kier alpha value is -6.49. The third kappa shape index (κ3) is 5.08. The lowest BCUT2D eigenvalue weighted by Gasteiger charge is -2.10. The van der Waals surface area contributed by atoms with Crippen molar-refractivity contribution in [3.63, 3.8) is 0 Å². The monoisotopic (exact) mass is 672 g/mol. The highest BCUT2D eigenvalue weighted by molar-refractivity contribution is 7.54. The summed E-state index contributed by atoms with van der Waals surface area (Å²) in [5, 5.41) is 4.85. The fourth-order valence-electron chi connectivity index (χ4n) is 7.14. The van der Waals surface area contributed by atoms with Crippen molar-refractivity contribution in [2.45, 2.75) is 0 Å². The maximum absolute atomic E-state index is 5.13. The summed E-state index contributed by atoms with van der Waals surface area (Å²) in [6, 6.07) is 58.6. The number of rotatable bonds is 6. The molecule has 0 bridgehead atoms. The highest BCUT2D eigenvalue weighted by Gasteiger charge is 2.15. The zero-order valence-electron chi connectivity index (χ0n) is 27.3. The first kappa shape index (κ1) is 29.4. The van der Waals surface area contributed by atoms with Crippen LogP contribution in [0.3, 0.4) is 0 Å². The molecule has 0 N–H and O–H groups in total. The quantitative estimate of drug-likeness (QED) is 0.165. The number of aromatic nitrogens is 6. The number of para-hydroxylation sites is 4. The molecule has 7 heteroatoms. The maximum Gasteiger partial charge on any atom is 0.138 e. The van der Waals surface area contributed by atoms with Gasteiger partial charge in [-0.3, -0.25) is 9.13 Å². The number of fused-ring (bicyclic) bond motifs is 6. The molecule has 0 aliphatic rings. The van der Waals surface area contributed by atoms with Crippen LogP contribution in [0.5, 0.6) is 0 Å². The molecule has 0 amide bonds. The average Bonchev–Trinajstić information content (AvgIpc) is 3.71. The number of hydrogen-bond donors (Lipinski definition) is 0. The van der Waals surface area contributed by atoms with Gasteiger partial charge in [0.15, 0.2) is 0 Å². The van der Waals surface area contributed by atoms with Crippen molar-refractivity contribution in [3.8, 4) is 34.4 Å². The molecule has 10 aromatic rings. The molecule has 0 unspecified atom stereocenters. The first-order valence-electron chi connectivity index (χ1n) is 16.9. The zero-order chi connectivity index (χ0) is 33.7. The van der Waals surface area contributed by atoms with Crippen LogP contribution in [0.1, 0.15) is 0 Å². The summed E-state index contributed by atoms with van der Waals surface area (Å²) >= 11 is 0. The van der Waals surface area contributed by atoms with Crippen molar-refractivity contribution in [2.75, 3.05) is 0 Å². The fourth-order valence-corrected chi connectivity index (χ4v) is 8.12. The predicted octanol–water partition coefficient (Wildman–Crippen LogP) is 9.42. The Labute approximate surface area is 295 Å². The molecule has 6 nitrogen and oxygen atoms in total. The highest BCUT2D eigenvalue weighted by Crippen LogP contribution is 2.33. The van der Waals surface area contributed by atoms with E-state index in [2.05, 4.69) is 155 Å². The van der Waals surface area contributed by atoms with Crippen LogP contribution >= 0.6 is 8.58 Å². The lowest BCUT2D eigenvalue weighted by Crippen LogP contribution is -2.11. The highest BCUT2D eigenvalue weighted by atomic mass is 31.1. The molecule has 51 heavy (non-hydrogen) atoms. The van der Waals surface area contributed by atoms with Crippen LogP contribution in [-0.4, -0.2) is 29.1 Å². The van der Waals surface area contributed by atoms with Gasteiger partial charge in [0, 0.05) is 21.5 Å². The molecule has 0 aliphatic heterocycles. The van der Waals surface area contributed by atoms with E-state index in [1.54, 1.807) is 0 Å². The van der Waals surface area contributed by atoms with Gasteiger partial charge in [-0.05, 0) is 81.4 Å². The SMILES string of the molecule is c1cc(Pc2cccc(-c3cccc(-n4c5ccccc5c5ccccc54)n3)n2)nc(-c2cccc(-n3c4ccccc4c4ccccc43)n2)c1. The van der Waals surface area contributed by atoms with Crippen LogP contribution in [0.4, 0.5) is 0 Å². The molecule has 6 heterocycles. The van der Waals surface area contributed by atoms with Crippen LogP contribution in [-0.2, 0) is 0 Å². The van der Waals surface area contributed by atoms with E-state index in [4.69, 9.17) is 19.9 Å². The zero-order valence-corrected chi connectivity index (χ0v) is 28.3. The lowest BCUT2D eigenvalue weighted by molar-refractivity contribution is 1.08. The van der Waals surface area contributed by atoms with Crippen molar-refractivity contribution in [3.05, 3.63) is 170 Å². The van der Waals surface area contributed by atoms with Gasteiger partial charge in [-0.15, -0.1) is 0 Å². The largest absolute Gasteiger partial charge is 0.294 e. The summed E-state index contributed by atoms with van der Waals surface area (Å²) in [7, 11) is 0.269. The molecular weight excluding hydrogens is 644 g/mol. The summed E-state index contributed by atoms with van der Waals surface area (Å²) in [6.07, 6.45) is 0. The third-order valence-electron chi connectivity index (χ3n) is 9.37. The first-order valence-corrected chi connectivity index (χ1v) is 17.9. The van der Waals surface area contributed by atoms with E-state index >= 15 is 0 Å². The smallest absolute Gasteiger partial charge is 0.138 e. The van der Waals surface area contributed by atoms with E-state index in [0.717, 1.165) is 67.3 Å². The van der Waals surface area contributed by atoms with Crippen LogP contribution in [0.15, 0.2) is 170 Å². The molecule has 0 spiro atoms. The van der Waals surface area contributed by atoms with Gasteiger partial charge in [0.2, 0.25) is 0 Å². The van der Waals surface area contributed by atoms with Gasteiger partial charge in [-0.1, -0.05) is 97.1 Å². The second-order valence-corrected chi connectivity index (χ2v) is 13.7. The molecule has 0 atom stereocenters. The Morgan fingerprint density at radius 1 is 0.294 bits per heavy atom. The van der Waals surface area contributed by atoms with Gasteiger partial charge < -0.3 is 0 Å². The third-order valence-corrected chi connectivity index (χ3v) is 10.4. The van der Waals surface area contributed by atoms with Gasteiger partial charge >= 0.3 is 0 Å². The molecule has 0 fully saturated rings. The molecule has 0 radical (unpaired) electrons. The van der Waals surface area contributed by atoms with Crippen LogP contribution in [0.25, 0.3) is 78.0 Å². The number of pyridine rings is 4. The van der Waals surface area contributed by atoms with Gasteiger partial charge in [0.05, 0.1) is 55.7 Å². The molecule has 0 saturated carbocycles. The van der Waals surface area contributed by atoms with Gasteiger partial charge in [-0.25, -0.2) is 19.9 Å². The second kappa shape index (κ2) is 12.1. The molecule has 4 aromatic carbocycles. The summed E-state index contributed by atoms with van der Waals surface area (Å²) in [5.41, 5.74) is 9.75. The summed E-state index contributed by atoms with van der Waals surface area (Å²) < 4.78 is 4.47. The maximum atomic E-state index is 5.13. The Balaban J connectivity index is 0.971. The van der Waals surface area contributed by atoms with Gasteiger partial charge in [0.1, 0.15) is 11.6 Å². The molecule has 6 aromatic heterocycles. The molecule has 0 saturated heterocycles. The summed E-state index contributed by atoms with van der Waals surface area (Å²) in [5.74, 6) is 1.73. The first-order chi connectivity index (χ1) is 25.3. The van der Waals surface area contributed by atoms with Gasteiger partial charge in [0.25, 0.3) is 0 Å². The standard InChI is InChI=1S/C44H29N6P/c1-5-21-37-29(13-1)30-14-2-6-22-38(30)49(37)41-25-9-17-33(45-41)35-19-11-27-43(47-35)51-44-28-12-20-36(48-44)34-18-10-26-42(46-34)50-39-23-7-3-15-31(39)32-16-4-8-24-40(32)50/h1-28,51H. The molecule has 0 aliphatic carbocycles. The lowest BCUT2D eigenvalue weighted by atomic mass is 10.2. The molecule has 10 rings (SSSR count). The van der Waals surface area contributed by atoms with Crippen LogP contribution < -0.4 is 10.9 Å². The van der Waals surface area contributed by atoms with Crippen molar-refractivity contribution >= 4 is 63.1 Å². The van der Waals surface area contributed by atoms with Crippen LogP contribution in [0, 0.1) is 0 Å². The van der Waals surface area contributed by atoms with Gasteiger partial charge in [-0.2, -0.15) is 0 Å². The Bertz CT molecular complexity index is 2620. The second-order valence-electron chi connectivity index (χ2n) is 12.4. The predicted molar refractivity (Wildman–Crippen MR) is 211 cm³/mol. The Morgan fingerprint density at radius 2 is 0.608 bits per heavy atom. The number of hydrogen-bond acceptors (Lipinski definition) is 4. The van der Waals surface area contributed by atoms with E-state index in [-0.39, 0.29) is 8.58 Å². The van der Waals surface area contributed by atoms with E-state index in [0.29, 0.717) is 0 Å². The van der Waals surface area contributed by atoms with E-state index in [1.165, 1.54) is 21.5 Å². The Morgan fingerprint density at radius 3 is 0.980 bits per heavy atom. The molecule has 240 valence electrons. The van der Waals surface area contributed by atoms with E-state index < -0.39 is 0 Å². The van der Waals surface area contributed by atoms with Crippen molar-refractivity contribution in [1.82, 2.24) is 29.1 Å². The minimum atomic E-state index is 0.269. The van der Waals surface area contributed by atoms with Crippen molar-refractivity contribution in [2.24, 2.45) is 0 Å². The topological polar surface area (TPSA) is 61.4 Å². The summed E-state index contributed by atoms with van der Waals surface area (Å²) in [4.78, 5) is 20.4. The normalized spacial score (nSPS) is 11.6. The number of nitrogens with zero attached hydrogens (tertiary/aromatic N) is 6. The van der Waals surface area contributed by atoms with E-state index in [1.807, 2.05) is 24.3 Å². The minimum absolute atomic E-state index is 0.269.